The van der Waals surface area contributed by atoms with Crippen LogP contribution in [0.4, 0.5) is 0 Å². The van der Waals surface area contributed by atoms with Crippen molar-refractivity contribution >= 4 is 5.84 Å². The van der Waals surface area contributed by atoms with Crippen molar-refractivity contribution in [1.29, 1.82) is 5.41 Å². The summed E-state index contributed by atoms with van der Waals surface area (Å²) in [6, 6.07) is 0.471. The Balaban J connectivity index is 2.44. The van der Waals surface area contributed by atoms with E-state index < -0.39 is 0 Å². The predicted molar refractivity (Wildman–Crippen MR) is 70.2 cm³/mol. The molecule has 1 aromatic heterocycles. The van der Waals surface area contributed by atoms with Crippen LogP contribution in [0.15, 0.2) is 12.4 Å². The smallest absolute Gasteiger partial charge is 0.105 e. The van der Waals surface area contributed by atoms with E-state index in [2.05, 4.69) is 28.3 Å². The first-order chi connectivity index (χ1) is 8.00. The van der Waals surface area contributed by atoms with E-state index in [0.717, 1.165) is 25.5 Å². The lowest BCUT2D eigenvalue weighted by molar-refractivity contribution is 0.218. The molecule has 0 saturated carbocycles. The van der Waals surface area contributed by atoms with Gasteiger partial charge in [0.1, 0.15) is 5.82 Å². The van der Waals surface area contributed by atoms with Crippen LogP contribution in [0.25, 0.3) is 0 Å². The number of rotatable bonds is 7. The summed E-state index contributed by atoms with van der Waals surface area (Å²) < 4.78 is 2.14. The van der Waals surface area contributed by atoms with Crippen molar-refractivity contribution in [3.05, 3.63) is 18.2 Å². The lowest BCUT2D eigenvalue weighted by atomic mass is 10.2. The third-order valence-corrected chi connectivity index (χ3v) is 2.95. The highest BCUT2D eigenvalue weighted by molar-refractivity contribution is 5.76. The van der Waals surface area contributed by atoms with E-state index in [4.69, 9.17) is 11.1 Å². The average molecular weight is 237 g/mol. The van der Waals surface area contributed by atoms with Gasteiger partial charge in [0.15, 0.2) is 0 Å². The molecule has 1 heterocycles. The number of nitrogens with zero attached hydrogens (tertiary/aromatic N) is 3. The Morgan fingerprint density at radius 3 is 2.71 bits per heavy atom. The molecule has 0 aliphatic rings. The van der Waals surface area contributed by atoms with Crippen LogP contribution in [0.3, 0.4) is 0 Å². The lowest BCUT2D eigenvalue weighted by Gasteiger charge is -2.26. The summed E-state index contributed by atoms with van der Waals surface area (Å²) in [5.41, 5.74) is 5.40. The third kappa shape index (κ3) is 4.56. The van der Waals surface area contributed by atoms with Gasteiger partial charge in [0.25, 0.3) is 0 Å². The van der Waals surface area contributed by atoms with Gasteiger partial charge in [-0.1, -0.05) is 0 Å². The number of aromatic nitrogens is 2. The van der Waals surface area contributed by atoms with Gasteiger partial charge in [-0.05, 0) is 20.8 Å². The number of imidazole rings is 1. The van der Waals surface area contributed by atoms with Crippen molar-refractivity contribution in [2.75, 3.05) is 13.1 Å². The van der Waals surface area contributed by atoms with Crippen LogP contribution >= 0.6 is 0 Å². The number of hydrogen-bond donors (Lipinski definition) is 2. The molecular formula is C12H23N5. The standard InChI is InChI=1S/C12H23N5/c1-10(2)16(6-4-12(13)14)8-9-17-7-5-15-11(17)3/h5,7,10H,4,6,8-9H2,1-3H3,(H3,13,14). The van der Waals surface area contributed by atoms with Gasteiger partial charge in [-0.15, -0.1) is 0 Å². The summed E-state index contributed by atoms with van der Waals surface area (Å²) >= 11 is 0. The van der Waals surface area contributed by atoms with Crippen molar-refractivity contribution in [2.24, 2.45) is 5.73 Å². The molecule has 0 atom stereocenters. The minimum atomic E-state index is 0.259. The molecule has 0 radical (unpaired) electrons. The monoisotopic (exact) mass is 237 g/mol. The van der Waals surface area contributed by atoms with E-state index in [1.54, 1.807) is 0 Å². The van der Waals surface area contributed by atoms with Crippen LogP contribution in [0, 0.1) is 12.3 Å². The maximum atomic E-state index is 7.27. The molecule has 0 bridgehead atoms. The number of nitrogens with one attached hydrogen (secondary N) is 1. The zero-order valence-electron chi connectivity index (χ0n) is 11.0. The highest BCUT2D eigenvalue weighted by Gasteiger charge is 2.10. The molecule has 0 aliphatic carbocycles. The minimum Gasteiger partial charge on any atom is -0.388 e. The van der Waals surface area contributed by atoms with Crippen LogP contribution in [-0.4, -0.2) is 39.4 Å². The quantitative estimate of drug-likeness (QED) is 0.553. The SMILES string of the molecule is Cc1nccn1CCN(CCC(=N)N)C(C)C. The van der Waals surface area contributed by atoms with Crippen molar-refractivity contribution in [1.82, 2.24) is 14.5 Å². The van der Waals surface area contributed by atoms with Crippen molar-refractivity contribution < 1.29 is 0 Å². The summed E-state index contributed by atoms with van der Waals surface area (Å²) in [5, 5.41) is 7.27. The summed E-state index contributed by atoms with van der Waals surface area (Å²) in [4.78, 5) is 6.54. The number of aryl methyl sites for hydroxylation is 1. The third-order valence-electron chi connectivity index (χ3n) is 2.95. The first-order valence-electron chi connectivity index (χ1n) is 6.05. The largest absolute Gasteiger partial charge is 0.388 e. The predicted octanol–water partition coefficient (Wildman–Crippen LogP) is 1.23. The molecule has 0 aliphatic heterocycles. The van der Waals surface area contributed by atoms with Gasteiger partial charge in [-0.3, -0.25) is 10.3 Å². The van der Waals surface area contributed by atoms with E-state index in [1.807, 2.05) is 19.3 Å². The second-order valence-electron chi connectivity index (χ2n) is 4.57. The van der Waals surface area contributed by atoms with Gasteiger partial charge < -0.3 is 10.3 Å². The first-order valence-corrected chi connectivity index (χ1v) is 6.05. The minimum absolute atomic E-state index is 0.259. The van der Waals surface area contributed by atoms with Crippen LogP contribution in [0.1, 0.15) is 26.1 Å². The normalized spacial score (nSPS) is 11.4. The number of hydrogen-bond acceptors (Lipinski definition) is 3. The molecule has 0 spiro atoms. The lowest BCUT2D eigenvalue weighted by Crippen LogP contribution is -2.36. The molecule has 3 N–H and O–H groups in total. The fraction of sp³-hybridized carbons (Fsp3) is 0.667. The fourth-order valence-electron chi connectivity index (χ4n) is 1.77. The van der Waals surface area contributed by atoms with Crippen LogP contribution in [0.2, 0.25) is 0 Å². The summed E-state index contributed by atoms with van der Waals surface area (Å²) in [6.07, 6.45) is 4.46. The maximum Gasteiger partial charge on any atom is 0.105 e. The number of nitrogens with two attached hydrogens (primary N) is 1. The van der Waals surface area contributed by atoms with Crippen molar-refractivity contribution in [3.63, 3.8) is 0 Å². The molecule has 1 rings (SSSR count). The Kier molecular flexibility index (Phi) is 5.15. The molecule has 5 heteroatoms. The Hall–Kier alpha value is -1.36. The Morgan fingerprint density at radius 1 is 1.53 bits per heavy atom. The highest BCUT2D eigenvalue weighted by atomic mass is 15.2. The van der Waals surface area contributed by atoms with Gasteiger partial charge in [-0.2, -0.15) is 0 Å². The van der Waals surface area contributed by atoms with Crippen LogP contribution in [-0.2, 0) is 6.54 Å². The molecule has 5 nitrogen and oxygen atoms in total. The summed E-state index contributed by atoms with van der Waals surface area (Å²) in [6.45, 7) is 9.09. The van der Waals surface area contributed by atoms with E-state index in [1.165, 1.54) is 0 Å². The Bertz CT molecular complexity index is 356. The first kappa shape index (κ1) is 13.7. The van der Waals surface area contributed by atoms with Crippen molar-refractivity contribution in [2.45, 2.75) is 39.8 Å². The molecule has 0 fully saturated rings. The molecule has 17 heavy (non-hydrogen) atoms. The molecule has 0 unspecified atom stereocenters. The molecule has 96 valence electrons. The fourth-order valence-corrected chi connectivity index (χ4v) is 1.77. The summed E-state index contributed by atoms with van der Waals surface area (Å²) in [7, 11) is 0. The topological polar surface area (TPSA) is 70.9 Å². The summed E-state index contributed by atoms with van der Waals surface area (Å²) in [5.74, 6) is 1.30. The van der Waals surface area contributed by atoms with E-state index in [9.17, 15) is 0 Å². The van der Waals surface area contributed by atoms with Gasteiger partial charge >= 0.3 is 0 Å². The zero-order chi connectivity index (χ0) is 12.8. The molecule has 0 aromatic carbocycles. The van der Waals surface area contributed by atoms with E-state index in [-0.39, 0.29) is 5.84 Å². The average Bonchev–Trinajstić information content (AvgIpc) is 2.63. The Morgan fingerprint density at radius 2 is 2.24 bits per heavy atom. The van der Waals surface area contributed by atoms with E-state index >= 15 is 0 Å². The van der Waals surface area contributed by atoms with Gasteiger partial charge in [0.2, 0.25) is 0 Å². The van der Waals surface area contributed by atoms with Gasteiger partial charge in [-0.25, -0.2) is 4.98 Å². The molecule has 0 amide bonds. The molecule has 0 saturated heterocycles. The van der Waals surface area contributed by atoms with E-state index in [0.29, 0.717) is 12.5 Å². The van der Waals surface area contributed by atoms with Crippen molar-refractivity contribution in [3.8, 4) is 0 Å². The zero-order valence-corrected chi connectivity index (χ0v) is 11.0. The van der Waals surface area contributed by atoms with Gasteiger partial charge in [0.05, 0.1) is 5.84 Å². The second-order valence-corrected chi connectivity index (χ2v) is 4.57. The molecule has 1 aromatic rings. The highest BCUT2D eigenvalue weighted by Crippen LogP contribution is 2.02. The Labute approximate surface area is 103 Å². The van der Waals surface area contributed by atoms with Crippen LogP contribution < -0.4 is 5.73 Å². The maximum absolute atomic E-state index is 7.27. The molecular weight excluding hydrogens is 214 g/mol. The second kappa shape index (κ2) is 6.39. The number of amidine groups is 1. The van der Waals surface area contributed by atoms with Crippen LogP contribution in [0.5, 0.6) is 0 Å². The van der Waals surface area contributed by atoms with Gasteiger partial charge in [0, 0.05) is 44.5 Å².